The van der Waals surface area contributed by atoms with Gasteiger partial charge in [0, 0.05) is 43.5 Å². The Morgan fingerprint density at radius 1 is 1.11 bits per heavy atom. The average molecular weight is 493 g/mol. The van der Waals surface area contributed by atoms with Crippen LogP contribution in [0.25, 0.3) is 11.0 Å². The van der Waals surface area contributed by atoms with Crippen LogP contribution in [0, 0.1) is 0 Å². The van der Waals surface area contributed by atoms with Crippen molar-refractivity contribution in [1.82, 2.24) is 14.9 Å². The van der Waals surface area contributed by atoms with E-state index < -0.39 is 5.60 Å². The minimum absolute atomic E-state index is 0.260. The van der Waals surface area contributed by atoms with Crippen LogP contribution in [0.3, 0.4) is 0 Å². The van der Waals surface area contributed by atoms with E-state index in [2.05, 4.69) is 14.9 Å². The first-order valence-electron chi connectivity index (χ1n) is 12.2. The van der Waals surface area contributed by atoms with E-state index >= 15 is 0 Å². The monoisotopic (exact) mass is 492 g/mol. The fourth-order valence-corrected chi connectivity index (χ4v) is 5.19. The van der Waals surface area contributed by atoms with Gasteiger partial charge in [-0.2, -0.15) is 0 Å². The van der Waals surface area contributed by atoms with Crippen LogP contribution in [0.4, 0.5) is 10.5 Å². The van der Waals surface area contributed by atoms with Crippen LogP contribution in [-0.4, -0.2) is 78.7 Å². The summed E-state index contributed by atoms with van der Waals surface area (Å²) in [5.74, 6) is 1.81. The number of anilines is 1. The molecule has 10 nitrogen and oxygen atoms in total. The molecule has 1 unspecified atom stereocenters. The lowest BCUT2D eigenvalue weighted by Gasteiger charge is -2.39. The molecule has 5 heterocycles. The molecule has 10 heteroatoms. The van der Waals surface area contributed by atoms with Gasteiger partial charge in [-0.25, -0.2) is 9.78 Å². The first-order valence-corrected chi connectivity index (χ1v) is 12.2. The third-order valence-electron chi connectivity index (χ3n) is 7.13. The molecule has 1 amide bonds. The standard InChI is InChI=1S/C26H28N4O6/c1-33-23-5-3-20-24(28-23)19(6-9-27-20)26(32)7-10-29(11-8-26)15-18-16-30(25(31)36-18)17-2-4-21-22(14-17)35-13-12-34-21/h2-6,9,14,18,32H,7-8,10-13,15-16H2,1H3. The molecule has 0 saturated carbocycles. The Labute approximate surface area is 208 Å². The molecule has 0 spiro atoms. The maximum Gasteiger partial charge on any atom is 0.414 e. The van der Waals surface area contributed by atoms with E-state index in [4.69, 9.17) is 18.9 Å². The summed E-state index contributed by atoms with van der Waals surface area (Å²) in [6.07, 6.45) is 2.16. The van der Waals surface area contributed by atoms with Crippen molar-refractivity contribution < 1.29 is 28.8 Å². The number of benzene rings is 1. The molecule has 36 heavy (non-hydrogen) atoms. The number of hydrogen-bond donors (Lipinski definition) is 1. The lowest BCUT2D eigenvalue weighted by molar-refractivity contribution is -0.0315. The average Bonchev–Trinajstić information content (AvgIpc) is 3.28. The molecule has 2 fully saturated rings. The van der Waals surface area contributed by atoms with Gasteiger partial charge in [-0.15, -0.1) is 0 Å². The smallest absolute Gasteiger partial charge is 0.414 e. The summed E-state index contributed by atoms with van der Waals surface area (Å²) in [4.78, 5) is 25.4. The van der Waals surface area contributed by atoms with E-state index in [1.165, 1.54) is 0 Å². The molecule has 1 atom stereocenters. The Morgan fingerprint density at radius 2 is 1.92 bits per heavy atom. The molecule has 3 aliphatic heterocycles. The van der Waals surface area contributed by atoms with Crippen LogP contribution in [0.15, 0.2) is 42.6 Å². The fourth-order valence-electron chi connectivity index (χ4n) is 5.19. The highest BCUT2D eigenvalue weighted by Crippen LogP contribution is 2.38. The summed E-state index contributed by atoms with van der Waals surface area (Å²) in [6, 6.07) is 11.0. The first kappa shape index (κ1) is 22.8. The van der Waals surface area contributed by atoms with Crippen molar-refractivity contribution in [3.8, 4) is 17.4 Å². The van der Waals surface area contributed by atoms with Gasteiger partial charge in [0.15, 0.2) is 11.5 Å². The predicted octanol–water partition coefficient (Wildman–Crippen LogP) is 2.72. The number of aliphatic hydroxyl groups is 1. The van der Waals surface area contributed by atoms with Crippen molar-refractivity contribution in [2.45, 2.75) is 24.5 Å². The number of piperidine rings is 1. The van der Waals surface area contributed by atoms with Crippen LogP contribution in [0.1, 0.15) is 18.4 Å². The highest BCUT2D eigenvalue weighted by molar-refractivity contribution is 5.90. The highest BCUT2D eigenvalue weighted by atomic mass is 16.6. The van der Waals surface area contributed by atoms with Gasteiger partial charge in [0.2, 0.25) is 5.88 Å². The summed E-state index contributed by atoms with van der Waals surface area (Å²) in [5, 5.41) is 11.6. The van der Waals surface area contributed by atoms with Gasteiger partial charge in [-0.1, -0.05) is 0 Å². The Bertz CT molecular complexity index is 1290. The molecule has 0 aliphatic carbocycles. The number of rotatable bonds is 5. The Kier molecular flexibility index (Phi) is 5.77. The Morgan fingerprint density at radius 3 is 2.72 bits per heavy atom. The maximum atomic E-state index is 12.6. The number of fused-ring (bicyclic) bond motifs is 2. The Hall–Kier alpha value is -3.63. The number of ether oxygens (including phenoxy) is 4. The minimum Gasteiger partial charge on any atom is -0.486 e. The van der Waals surface area contributed by atoms with Gasteiger partial charge in [0.1, 0.15) is 19.3 Å². The van der Waals surface area contributed by atoms with Crippen LogP contribution in [-0.2, 0) is 10.3 Å². The van der Waals surface area contributed by atoms with Gasteiger partial charge in [0.05, 0.1) is 36.0 Å². The van der Waals surface area contributed by atoms with Gasteiger partial charge in [-0.05, 0) is 37.1 Å². The number of nitrogens with zero attached hydrogens (tertiary/aromatic N) is 4. The topological polar surface area (TPSA) is 106 Å². The zero-order valence-corrected chi connectivity index (χ0v) is 20.1. The van der Waals surface area contributed by atoms with Crippen molar-refractivity contribution in [2.24, 2.45) is 0 Å². The van der Waals surface area contributed by atoms with Crippen LogP contribution < -0.4 is 19.1 Å². The number of hydrogen-bond acceptors (Lipinski definition) is 9. The lowest BCUT2D eigenvalue weighted by Crippen LogP contribution is -2.45. The normalized spacial score (nSPS) is 21.4. The lowest BCUT2D eigenvalue weighted by atomic mass is 9.84. The number of aromatic nitrogens is 2. The number of cyclic esters (lactones) is 1. The summed E-state index contributed by atoms with van der Waals surface area (Å²) in [6.45, 7) is 3.41. The number of carbonyl (C=O) groups is 1. The molecule has 188 valence electrons. The van der Waals surface area contributed by atoms with Crippen LogP contribution >= 0.6 is 0 Å². The second-order valence-corrected chi connectivity index (χ2v) is 9.36. The van der Waals surface area contributed by atoms with Crippen molar-refractivity contribution in [1.29, 1.82) is 0 Å². The molecular formula is C26H28N4O6. The molecular weight excluding hydrogens is 464 g/mol. The molecule has 3 aliphatic rings. The molecule has 2 saturated heterocycles. The molecule has 1 aromatic carbocycles. The Balaban J connectivity index is 1.11. The van der Waals surface area contributed by atoms with Crippen molar-refractivity contribution >= 4 is 22.8 Å². The second-order valence-electron chi connectivity index (χ2n) is 9.36. The van der Waals surface area contributed by atoms with E-state index in [0.29, 0.717) is 75.1 Å². The third-order valence-corrected chi connectivity index (χ3v) is 7.13. The second kappa shape index (κ2) is 9.11. The van der Waals surface area contributed by atoms with Crippen molar-refractivity contribution in [3.05, 3.63) is 48.2 Å². The SMILES string of the molecule is COc1ccc2nccc(C3(O)CCN(CC4CN(c5ccc6c(c5)OCCO6)C(=O)O4)CC3)c2n1. The number of carbonyl (C=O) groups excluding carboxylic acids is 1. The molecule has 6 rings (SSSR count). The van der Waals surface area contributed by atoms with Gasteiger partial charge in [0.25, 0.3) is 0 Å². The van der Waals surface area contributed by atoms with Gasteiger partial charge >= 0.3 is 6.09 Å². The summed E-state index contributed by atoms with van der Waals surface area (Å²) < 4.78 is 22.2. The quantitative estimate of drug-likeness (QED) is 0.575. The van der Waals surface area contributed by atoms with Crippen LogP contribution in [0.2, 0.25) is 0 Å². The van der Waals surface area contributed by atoms with E-state index in [1.54, 1.807) is 24.3 Å². The highest BCUT2D eigenvalue weighted by Gasteiger charge is 2.39. The molecule has 2 aromatic heterocycles. The van der Waals surface area contributed by atoms with E-state index in [-0.39, 0.29) is 12.2 Å². The molecule has 1 N–H and O–H groups in total. The number of methoxy groups -OCH3 is 1. The van der Waals surface area contributed by atoms with Gasteiger partial charge < -0.3 is 24.1 Å². The zero-order chi connectivity index (χ0) is 24.7. The largest absolute Gasteiger partial charge is 0.486 e. The zero-order valence-electron chi connectivity index (χ0n) is 20.1. The third kappa shape index (κ3) is 4.16. The maximum absolute atomic E-state index is 12.6. The van der Waals surface area contributed by atoms with E-state index in [1.807, 2.05) is 30.3 Å². The molecule has 0 bridgehead atoms. The fraction of sp³-hybridized carbons (Fsp3) is 0.423. The summed E-state index contributed by atoms with van der Waals surface area (Å²) in [5.41, 5.74) is 1.87. The van der Waals surface area contributed by atoms with Crippen LogP contribution in [0.5, 0.6) is 17.4 Å². The van der Waals surface area contributed by atoms with Crippen molar-refractivity contribution in [2.75, 3.05) is 51.4 Å². The minimum atomic E-state index is -1.01. The molecule has 3 aromatic rings. The molecule has 0 radical (unpaired) electrons. The van der Waals surface area contributed by atoms with E-state index in [0.717, 1.165) is 16.8 Å². The summed E-state index contributed by atoms with van der Waals surface area (Å²) in [7, 11) is 1.57. The van der Waals surface area contributed by atoms with E-state index in [9.17, 15) is 9.90 Å². The number of pyridine rings is 2. The summed E-state index contributed by atoms with van der Waals surface area (Å²) >= 11 is 0. The van der Waals surface area contributed by atoms with Gasteiger partial charge in [-0.3, -0.25) is 14.8 Å². The predicted molar refractivity (Wildman–Crippen MR) is 131 cm³/mol. The number of likely N-dealkylation sites (tertiary alicyclic amines) is 1. The number of amides is 1. The first-order chi connectivity index (χ1) is 17.5. The van der Waals surface area contributed by atoms with Crippen molar-refractivity contribution in [3.63, 3.8) is 0 Å².